The third-order valence-electron chi connectivity index (χ3n) is 8.05. The van der Waals surface area contributed by atoms with E-state index in [0.29, 0.717) is 16.5 Å². The van der Waals surface area contributed by atoms with E-state index in [1.54, 1.807) is 6.20 Å². The van der Waals surface area contributed by atoms with Crippen molar-refractivity contribution in [1.29, 1.82) is 0 Å². The summed E-state index contributed by atoms with van der Waals surface area (Å²) in [5.41, 5.74) is 2.79. The summed E-state index contributed by atoms with van der Waals surface area (Å²) >= 11 is 13.1. The Hall–Kier alpha value is -2.67. The van der Waals surface area contributed by atoms with Gasteiger partial charge in [0.15, 0.2) is 0 Å². The smallest absolute Gasteiger partial charge is 0.344 e. The van der Waals surface area contributed by atoms with E-state index in [9.17, 15) is 14.7 Å². The molecule has 182 valence electrons. The first-order chi connectivity index (χ1) is 16.9. The van der Waals surface area contributed by atoms with Gasteiger partial charge in [0.2, 0.25) is 5.91 Å². The molecule has 3 N–H and O–H groups in total. The van der Waals surface area contributed by atoms with Gasteiger partial charge >= 0.3 is 5.69 Å². The van der Waals surface area contributed by atoms with Crippen LogP contribution in [-0.4, -0.2) is 33.6 Å². The number of carbonyl (C=O) groups is 1. The molecule has 0 radical (unpaired) electrons. The summed E-state index contributed by atoms with van der Waals surface area (Å²) in [7, 11) is 0. The number of halogens is 2. The maximum absolute atomic E-state index is 13.2. The van der Waals surface area contributed by atoms with E-state index in [1.165, 1.54) is 6.20 Å². The highest BCUT2D eigenvalue weighted by Gasteiger charge is 2.60. The molecule has 3 aromatic rings. The Kier molecular flexibility index (Phi) is 6.47. The van der Waals surface area contributed by atoms with Crippen molar-refractivity contribution < 1.29 is 9.90 Å². The number of benzene rings is 2. The van der Waals surface area contributed by atoms with E-state index < -0.39 is 11.1 Å². The van der Waals surface area contributed by atoms with Crippen LogP contribution in [0.2, 0.25) is 10.0 Å². The molecule has 1 saturated carbocycles. The second kappa shape index (κ2) is 9.41. The summed E-state index contributed by atoms with van der Waals surface area (Å²) in [4.78, 5) is 30.9. The van der Waals surface area contributed by atoms with Gasteiger partial charge in [-0.3, -0.25) is 4.79 Å². The quantitative estimate of drug-likeness (QED) is 0.453. The summed E-state index contributed by atoms with van der Waals surface area (Å²) in [5, 5.41) is 14.6. The monoisotopic (exact) mass is 511 g/mol. The van der Waals surface area contributed by atoms with Gasteiger partial charge in [-0.25, -0.2) is 9.78 Å². The molecule has 1 aromatic heterocycles. The van der Waals surface area contributed by atoms with Gasteiger partial charge in [0, 0.05) is 33.9 Å². The summed E-state index contributed by atoms with van der Waals surface area (Å²) in [6.07, 6.45) is 5.38. The molecule has 1 amide bonds. The lowest BCUT2D eigenvalue weighted by Crippen LogP contribution is -2.45. The zero-order valence-electron chi connectivity index (χ0n) is 19.3. The zero-order chi connectivity index (χ0) is 24.7. The lowest BCUT2D eigenvalue weighted by molar-refractivity contribution is -0.131. The average Bonchev–Trinajstić information content (AvgIpc) is 3.16. The van der Waals surface area contributed by atoms with Crippen molar-refractivity contribution in [2.45, 2.75) is 44.1 Å². The summed E-state index contributed by atoms with van der Waals surface area (Å²) in [6.45, 7) is 1.95. The summed E-state index contributed by atoms with van der Waals surface area (Å²) in [6, 6.07) is 13.4. The summed E-state index contributed by atoms with van der Waals surface area (Å²) < 4.78 is 0. The van der Waals surface area contributed by atoms with Gasteiger partial charge in [0.1, 0.15) is 0 Å². The first kappa shape index (κ1) is 24.0. The summed E-state index contributed by atoms with van der Waals surface area (Å²) in [5.74, 6) is -0.0226. The van der Waals surface area contributed by atoms with Crippen LogP contribution in [0.3, 0.4) is 0 Å². The van der Waals surface area contributed by atoms with Crippen LogP contribution in [0.5, 0.6) is 0 Å². The Balaban J connectivity index is 1.61. The number of rotatable bonds is 5. The van der Waals surface area contributed by atoms with E-state index in [0.717, 1.165) is 35.1 Å². The van der Waals surface area contributed by atoms with E-state index in [1.807, 2.05) is 42.5 Å². The van der Waals surface area contributed by atoms with Crippen LogP contribution in [0, 0.1) is 11.3 Å². The van der Waals surface area contributed by atoms with Gasteiger partial charge in [-0.15, -0.1) is 0 Å². The number of aromatic amines is 1. The van der Waals surface area contributed by atoms with E-state index in [2.05, 4.69) is 22.2 Å². The van der Waals surface area contributed by atoms with Crippen LogP contribution in [0.4, 0.5) is 0 Å². The zero-order valence-corrected chi connectivity index (χ0v) is 20.8. The number of hydrogen-bond acceptors (Lipinski definition) is 4. The lowest BCUT2D eigenvalue weighted by Gasteiger charge is -2.48. The fourth-order valence-electron chi connectivity index (χ4n) is 6.37. The van der Waals surface area contributed by atoms with Crippen LogP contribution in [-0.2, 0) is 4.79 Å². The molecule has 5 atom stereocenters. The molecule has 2 fully saturated rings. The average molecular weight is 512 g/mol. The largest absolute Gasteiger partial charge is 0.394 e. The standard InChI is InChI=1S/C27H27Cl2N3O3/c1-2-27-10-9-20(19-8-5-16(11-21(19)29)17-12-30-26(35)31-13-17)23(15-3-6-18(28)7-4-15)24(27)22(14-33)32-25(27)34/h3-8,11-13,20,22-24,33H,2,9-10,14H2,1H3,(H,32,34)(H,30,31,35)/t20-,22+,23-,24-,27+/m0/s1. The lowest BCUT2D eigenvalue weighted by atomic mass is 9.54. The Morgan fingerprint density at radius 1 is 1.11 bits per heavy atom. The third kappa shape index (κ3) is 4.07. The van der Waals surface area contributed by atoms with Crippen molar-refractivity contribution in [3.05, 3.63) is 86.5 Å². The Morgan fingerprint density at radius 2 is 1.89 bits per heavy atom. The van der Waals surface area contributed by atoms with E-state index >= 15 is 0 Å². The second-order valence-corrected chi connectivity index (χ2v) is 10.4. The molecule has 8 heteroatoms. The van der Waals surface area contributed by atoms with Crippen molar-refractivity contribution in [2.24, 2.45) is 11.3 Å². The molecule has 35 heavy (non-hydrogen) atoms. The minimum atomic E-state index is -0.526. The van der Waals surface area contributed by atoms with Gasteiger partial charge in [-0.2, -0.15) is 0 Å². The maximum atomic E-state index is 13.2. The van der Waals surface area contributed by atoms with Gasteiger partial charge in [0.05, 0.1) is 18.1 Å². The Labute approximate surface area is 213 Å². The number of fused-ring (bicyclic) bond motifs is 1. The highest BCUT2D eigenvalue weighted by Crippen LogP contribution is 2.60. The minimum Gasteiger partial charge on any atom is -0.394 e. The number of aliphatic hydroxyl groups excluding tert-OH is 1. The van der Waals surface area contributed by atoms with Crippen molar-refractivity contribution in [3.63, 3.8) is 0 Å². The fraction of sp³-hybridized carbons (Fsp3) is 0.370. The molecule has 5 rings (SSSR count). The molecular weight excluding hydrogens is 485 g/mol. The third-order valence-corrected chi connectivity index (χ3v) is 8.63. The first-order valence-electron chi connectivity index (χ1n) is 11.9. The van der Waals surface area contributed by atoms with Crippen molar-refractivity contribution in [2.75, 3.05) is 6.61 Å². The van der Waals surface area contributed by atoms with Crippen molar-refractivity contribution >= 4 is 29.1 Å². The van der Waals surface area contributed by atoms with Crippen molar-refractivity contribution in [3.8, 4) is 11.1 Å². The molecule has 1 aliphatic carbocycles. The molecular formula is C27H27Cl2N3O3. The van der Waals surface area contributed by atoms with Crippen LogP contribution in [0.15, 0.2) is 59.7 Å². The van der Waals surface area contributed by atoms with Gasteiger partial charge in [0.25, 0.3) is 0 Å². The highest BCUT2D eigenvalue weighted by molar-refractivity contribution is 6.31. The first-order valence-corrected chi connectivity index (χ1v) is 12.7. The van der Waals surface area contributed by atoms with Gasteiger partial charge in [-0.05, 0) is 66.0 Å². The molecule has 1 aliphatic heterocycles. The van der Waals surface area contributed by atoms with Gasteiger partial charge < -0.3 is 15.4 Å². The Bertz CT molecular complexity index is 1290. The number of aliphatic hydroxyl groups is 1. The molecule has 6 nitrogen and oxygen atoms in total. The van der Waals surface area contributed by atoms with Gasteiger partial charge in [-0.1, -0.05) is 54.4 Å². The molecule has 2 aliphatic rings. The fourth-order valence-corrected chi connectivity index (χ4v) is 6.82. The van der Waals surface area contributed by atoms with Crippen molar-refractivity contribution in [1.82, 2.24) is 15.3 Å². The number of amides is 1. The predicted molar refractivity (Wildman–Crippen MR) is 137 cm³/mol. The van der Waals surface area contributed by atoms with E-state index in [4.69, 9.17) is 23.2 Å². The number of hydrogen-bond donors (Lipinski definition) is 3. The van der Waals surface area contributed by atoms with E-state index in [-0.39, 0.29) is 36.3 Å². The second-order valence-electron chi connectivity index (χ2n) is 9.56. The number of nitrogens with zero attached hydrogens (tertiary/aromatic N) is 1. The SMILES string of the molecule is CC[C@@]12CC[C@@H](c3ccc(-c4cnc(=O)[nH]c4)cc3Cl)[C@H](c3ccc(Cl)cc3)[C@@H]1[C@@H](CO)NC2=O. The molecule has 1 saturated heterocycles. The van der Waals surface area contributed by atoms with Crippen LogP contribution >= 0.6 is 23.2 Å². The normalized spacial score (nSPS) is 27.9. The molecule has 0 spiro atoms. The molecule has 0 bridgehead atoms. The minimum absolute atomic E-state index is 0.0323. The number of nitrogens with one attached hydrogen (secondary N) is 2. The number of carbonyl (C=O) groups excluding carboxylic acids is 1. The molecule has 0 unspecified atom stereocenters. The Morgan fingerprint density at radius 3 is 2.51 bits per heavy atom. The van der Waals surface area contributed by atoms with Crippen LogP contribution in [0.25, 0.3) is 11.1 Å². The number of H-pyrrole nitrogens is 1. The predicted octanol–water partition coefficient (Wildman–Crippen LogP) is 4.91. The molecule has 2 heterocycles. The molecule has 2 aromatic carbocycles. The topological polar surface area (TPSA) is 95.1 Å². The maximum Gasteiger partial charge on any atom is 0.344 e. The highest BCUT2D eigenvalue weighted by atomic mass is 35.5. The van der Waals surface area contributed by atoms with Crippen LogP contribution in [0.1, 0.15) is 49.1 Å². The van der Waals surface area contributed by atoms with Crippen LogP contribution < -0.4 is 11.0 Å². The number of aromatic nitrogens is 2.